The maximum absolute atomic E-state index is 11.9. The molecule has 0 aromatic carbocycles. The second kappa shape index (κ2) is 12.5. The molecule has 2 N–H and O–H groups in total. The summed E-state index contributed by atoms with van der Waals surface area (Å²) in [5.41, 5.74) is -0.307. The van der Waals surface area contributed by atoms with Gasteiger partial charge < -0.3 is 15.4 Å². The fourth-order valence-electron chi connectivity index (χ4n) is 3.14. The number of hydrogen-bond acceptors (Lipinski definition) is 4. The van der Waals surface area contributed by atoms with Gasteiger partial charge in [0.05, 0.1) is 0 Å². The number of rotatable bonds is 10. The normalized spacial score (nSPS) is 23.6. The van der Waals surface area contributed by atoms with E-state index in [1.165, 1.54) is 0 Å². The fourth-order valence-corrected chi connectivity index (χ4v) is 3.14. The van der Waals surface area contributed by atoms with Crippen molar-refractivity contribution >= 4 is 17.8 Å². The number of carbonyl (C=O) groups excluding carboxylic acids is 3. The van der Waals surface area contributed by atoms with Crippen LogP contribution in [-0.2, 0) is 14.3 Å². The van der Waals surface area contributed by atoms with E-state index in [9.17, 15) is 14.4 Å². The van der Waals surface area contributed by atoms with Crippen LogP contribution in [0.3, 0.4) is 0 Å². The van der Waals surface area contributed by atoms with Crippen molar-refractivity contribution in [2.24, 2.45) is 5.41 Å². The average molecular weight is 381 g/mol. The van der Waals surface area contributed by atoms with Crippen molar-refractivity contribution in [3.63, 3.8) is 0 Å². The molecule has 0 fully saturated rings. The zero-order valence-corrected chi connectivity index (χ0v) is 17.1. The lowest BCUT2D eigenvalue weighted by Crippen LogP contribution is -2.36. The van der Waals surface area contributed by atoms with Crippen LogP contribution in [0.25, 0.3) is 0 Å². The Kier molecular flexibility index (Phi) is 10.8. The van der Waals surface area contributed by atoms with Crippen molar-refractivity contribution in [3.8, 4) is 0 Å². The number of ether oxygens (including phenoxy) is 1. The van der Waals surface area contributed by atoms with E-state index < -0.39 is 6.09 Å². The molecule has 0 saturated heterocycles. The van der Waals surface area contributed by atoms with Crippen LogP contribution in [0.2, 0.25) is 0 Å². The Morgan fingerprint density at radius 2 is 1.89 bits per heavy atom. The summed E-state index contributed by atoms with van der Waals surface area (Å²) in [4.78, 5) is 35.3. The Morgan fingerprint density at radius 1 is 1.15 bits per heavy atom. The third kappa shape index (κ3) is 9.59. The highest BCUT2D eigenvalue weighted by Crippen LogP contribution is 2.32. The molecule has 0 aromatic rings. The van der Waals surface area contributed by atoms with Gasteiger partial charge in [-0.25, -0.2) is 4.79 Å². The summed E-state index contributed by atoms with van der Waals surface area (Å²) in [5, 5.41) is 5.47. The van der Waals surface area contributed by atoms with Crippen LogP contribution >= 0.6 is 0 Å². The van der Waals surface area contributed by atoms with Gasteiger partial charge in [0, 0.05) is 24.9 Å². The summed E-state index contributed by atoms with van der Waals surface area (Å²) >= 11 is 0. The zero-order valence-electron chi connectivity index (χ0n) is 17.1. The van der Waals surface area contributed by atoms with Crippen molar-refractivity contribution in [2.75, 3.05) is 13.1 Å². The van der Waals surface area contributed by atoms with Gasteiger partial charge in [0.25, 0.3) is 0 Å². The Bertz CT molecular complexity index is 518. The summed E-state index contributed by atoms with van der Waals surface area (Å²) in [6.45, 7) is 6.52. The van der Waals surface area contributed by atoms with Crippen LogP contribution in [0.4, 0.5) is 4.79 Å². The molecule has 0 heterocycles. The number of nitrogens with one attached hydrogen (secondary N) is 2. The first-order valence-corrected chi connectivity index (χ1v) is 10.3. The Labute approximate surface area is 163 Å². The van der Waals surface area contributed by atoms with E-state index in [0.29, 0.717) is 32.4 Å². The highest BCUT2D eigenvalue weighted by molar-refractivity contribution is 5.82. The topological polar surface area (TPSA) is 84.5 Å². The second-order valence-electron chi connectivity index (χ2n) is 7.67. The largest absolute Gasteiger partial charge is 0.442 e. The first-order chi connectivity index (χ1) is 12.9. The lowest BCUT2D eigenvalue weighted by molar-refractivity contribution is -0.126. The molecule has 1 aliphatic rings. The van der Waals surface area contributed by atoms with Gasteiger partial charge in [-0.15, -0.1) is 0 Å². The molecule has 0 radical (unpaired) electrons. The molecule has 6 nitrogen and oxygen atoms in total. The van der Waals surface area contributed by atoms with Crippen molar-refractivity contribution in [1.82, 2.24) is 10.6 Å². The molecule has 154 valence electrons. The zero-order chi connectivity index (χ0) is 20.1. The van der Waals surface area contributed by atoms with Crippen molar-refractivity contribution in [2.45, 2.75) is 84.7 Å². The van der Waals surface area contributed by atoms with E-state index in [0.717, 1.165) is 38.5 Å². The summed E-state index contributed by atoms with van der Waals surface area (Å²) in [6.07, 6.45) is 10.9. The molecular weight excluding hydrogens is 344 g/mol. The minimum Gasteiger partial charge on any atom is -0.442 e. The number of alkyl carbamates (subject to hydrolysis) is 1. The molecule has 2 atom stereocenters. The predicted octanol–water partition coefficient (Wildman–Crippen LogP) is 3.89. The molecule has 0 aromatic heterocycles. The summed E-state index contributed by atoms with van der Waals surface area (Å²) < 4.78 is 5.42. The summed E-state index contributed by atoms with van der Waals surface area (Å²) in [7, 11) is 0. The standard InChI is InChI=1S/C21H36N2O4/c1-4-5-6-7-12-19(25)22-15-16-23-20(26)27-18-10-8-13-21(3,17(2)24)14-9-11-18/h8,10,18H,4-7,9,11-16H2,1-3H3,(H,22,25)(H,23,26)/b10-8+/t18-,21+/m0/s1. The van der Waals surface area contributed by atoms with Crippen LogP contribution in [0, 0.1) is 5.41 Å². The number of carbonyl (C=O) groups is 3. The quantitative estimate of drug-likeness (QED) is 0.445. The molecule has 0 spiro atoms. The van der Waals surface area contributed by atoms with Gasteiger partial charge in [-0.1, -0.05) is 39.2 Å². The smallest absolute Gasteiger partial charge is 0.407 e. The summed E-state index contributed by atoms with van der Waals surface area (Å²) in [6, 6.07) is 0. The van der Waals surface area contributed by atoms with Gasteiger partial charge in [0.1, 0.15) is 11.9 Å². The first kappa shape index (κ1) is 23.2. The van der Waals surface area contributed by atoms with E-state index >= 15 is 0 Å². The van der Waals surface area contributed by atoms with E-state index in [1.807, 2.05) is 19.1 Å². The average Bonchev–Trinajstić information content (AvgIpc) is 2.60. The van der Waals surface area contributed by atoms with Gasteiger partial charge >= 0.3 is 6.09 Å². The highest BCUT2D eigenvalue weighted by atomic mass is 16.6. The van der Waals surface area contributed by atoms with Gasteiger partial charge in [-0.3, -0.25) is 9.59 Å². The Hall–Kier alpha value is -1.85. The van der Waals surface area contributed by atoms with Gasteiger partial charge in [0.15, 0.2) is 0 Å². The molecule has 6 heteroatoms. The number of allylic oxidation sites excluding steroid dienone is 1. The monoisotopic (exact) mass is 380 g/mol. The Balaban J connectivity index is 2.20. The lowest BCUT2D eigenvalue weighted by Gasteiger charge is -2.28. The number of amides is 2. The predicted molar refractivity (Wildman–Crippen MR) is 106 cm³/mol. The number of hydrogen-bond donors (Lipinski definition) is 2. The van der Waals surface area contributed by atoms with E-state index in [1.54, 1.807) is 6.92 Å². The minimum absolute atomic E-state index is 0.0257. The van der Waals surface area contributed by atoms with Crippen LogP contribution in [0.15, 0.2) is 12.2 Å². The van der Waals surface area contributed by atoms with Crippen LogP contribution < -0.4 is 10.6 Å². The number of ketones is 1. The number of unbranched alkanes of at least 4 members (excludes halogenated alkanes) is 3. The van der Waals surface area contributed by atoms with Crippen molar-refractivity contribution < 1.29 is 19.1 Å². The van der Waals surface area contributed by atoms with Crippen LogP contribution in [-0.4, -0.2) is 37.0 Å². The lowest BCUT2D eigenvalue weighted by atomic mass is 9.77. The van der Waals surface area contributed by atoms with Crippen molar-refractivity contribution in [3.05, 3.63) is 12.2 Å². The molecule has 2 amide bonds. The molecule has 0 saturated carbocycles. The minimum atomic E-state index is -0.475. The maximum atomic E-state index is 11.9. The molecule has 1 aliphatic carbocycles. The fraction of sp³-hybridized carbons (Fsp3) is 0.762. The molecule has 0 unspecified atom stereocenters. The maximum Gasteiger partial charge on any atom is 0.407 e. The molecule has 1 rings (SSSR count). The molecule has 0 aliphatic heterocycles. The van der Waals surface area contributed by atoms with E-state index in [-0.39, 0.29) is 23.2 Å². The second-order valence-corrected chi connectivity index (χ2v) is 7.67. The highest BCUT2D eigenvalue weighted by Gasteiger charge is 2.29. The number of Topliss-reactive ketones (excluding diaryl/α,β-unsaturated/α-hetero) is 1. The van der Waals surface area contributed by atoms with Crippen LogP contribution in [0.1, 0.15) is 78.6 Å². The molecule has 0 bridgehead atoms. The third-order valence-electron chi connectivity index (χ3n) is 5.22. The molecule has 27 heavy (non-hydrogen) atoms. The summed E-state index contributed by atoms with van der Waals surface area (Å²) in [5.74, 6) is 0.231. The third-order valence-corrected chi connectivity index (χ3v) is 5.22. The van der Waals surface area contributed by atoms with Gasteiger partial charge in [0.2, 0.25) is 5.91 Å². The van der Waals surface area contributed by atoms with Crippen molar-refractivity contribution in [1.29, 1.82) is 0 Å². The van der Waals surface area contributed by atoms with E-state index in [2.05, 4.69) is 17.6 Å². The van der Waals surface area contributed by atoms with Gasteiger partial charge in [-0.2, -0.15) is 0 Å². The Morgan fingerprint density at radius 3 is 2.59 bits per heavy atom. The molecular formula is C21H36N2O4. The van der Waals surface area contributed by atoms with E-state index in [4.69, 9.17) is 4.74 Å². The SMILES string of the molecule is CCCCCCC(=O)NCCNC(=O)O[C@H]1/C=C/C[C@@](C)(C(C)=O)CCC1. The first-order valence-electron chi connectivity index (χ1n) is 10.3. The van der Waals surface area contributed by atoms with Crippen LogP contribution in [0.5, 0.6) is 0 Å². The van der Waals surface area contributed by atoms with Gasteiger partial charge in [-0.05, 0) is 45.1 Å².